The summed E-state index contributed by atoms with van der Waals surface area (Å²) in [6.07, 6.45) is 6.55. The van der Waals surface area contributed by atoms with Crippen molar-refractivity contribution in [1.82, 2.24) is 5.06 Å². The van der Waals surface area contributed by atoms with E-state index in [4.69, 9.17) is 4.84 Å². The van der Waals surface area contributed by atoms with E-state index >= 15 is 0 Å². The van der Waals surface area contributed by atoms with Gasteiger partial charge in [-0.05, 0) is 19.3 Å². The molecular formula is C9H19NO. The molecule has 0 saturated carbocycles. The molecule has 1 aliphatic heterocycles. The molecule has 1 rings (SSSR count). The van der Waals surface area contributed by atoms with Crippen LogP contribution in [0, 0.1) is 0 Å². The van der Waals surface area contributed by atoms with Gasteiger partial charge in [-0.1, -0.05) is 19.8 Å². The molecule has 11 heavy (non-hydrogen) atoms. The second-order valence-electron chi connectivity index (χ2n) is 3.26. The van der Waals surface area contributed by atoms with Crippen molar-refractivity contribution in [3.8, 4) is 0 Å². The topological polar surface area (TPSA) is 12.5 Å². The van der Waals surface area contributed by atoms with Gasteiger partial charge in [0.25, 0.3) is 0 Å². The summed E-state index contributed by atoms with van der Waals surface area (Å²) in [5, 5.41) is 2.15. The van der Waals surface area contributed by atoms with Gasteiger partial charge in [-0.2, -0.15) is 5.06 Å². The summed E-state index contributed by atoms with van der Waals surface area (Å²) in [6.45, 7) is 3.36. The minimum atomic E-state index is 0.693. The number of hydrogen-bond donors (Lipinski definition) is 0. The van der Waals surface area contributed by atoms with Gasteiger partial charge in [0.05, 0.1) is 7.11 Å². The third-order valence-corrected chi connectivity index (χ3v) is 2.43. The van der Waals surface area contributed by atoms with E-state index in [0.29, 0.717) is 6.04 Å². The van der Waals surface area contributed by atoms with E-state index in [-0.39, 0.29) is 0 Å². The Hall–Kier alpha value is -0.0800. The lowest BCUT2D eigenvalue weighted by Crippen LogP contribution is -2.38. The number of hydrogen-bond acceptors (Lipinski definition) is 2. The van der Waals surface area contributed by atoms with Gasteiger partial charge < -0.3 is 4.84 Å². The molecule has 0 radical (unpaired) electrons. The van der Waals surface area contributed by atoms with E-state index in [1.807, 2.05) is 0 Å². The number of rotatable bonds is 3. The summed E-state index contributed by atoms with van der Waals surface area (Å²) in [7, 11) is 1.79. The van der Waals surface area contributed by atoms with Crippen LogP contribution >= 0.6 is 0 Å². The van der Waals surface area contributed by atoms with Crippen LogP contribution in [-0.4, -0.2) is 24.8 Å². The molecule has 0 aromatic rings. The Morgan fingerprint density at radius 3 is 2.91 bits per heavy atom. The van der Waals surface area contributed by atoms with Crippen LogP contribution < -0.4 is 0 Å². The van der Waals surface area contributed by atoms with E-state index < -0.39 is 0 Å². The Morgan fingerprint density at radius 2 is 2.27 bits per heavy atom. The predicted octanol–water partition coefficient (Wildman–Crippen LogP) is 2.20. The SMILES string of the molecule is CCCC1CCCCN1OC. The first-order chi connectivity index (χ1) is 5.38. The Morgan fingerprint density at radius 1 is 1.45 bits per heavy atom. The highest BCUT2D eigenvalue weighted by atomic mass is 16.7. The molecule has 0 N–H and O–H groups in total. The van der Waals surface area contributed by atoms with Gasteiger partial charge in [0.1, 0.15) is 0 Å². The molecule has 0 aromatic heterocycles. The van der Waals surface area contributed by atoms with Crippen LogP contribution in [0.15, 0.2) is 0 Å². The highest BCUT2D eigenvalue weighted by molar-refractivity contribution is 4.70. The van der Waals surface area contributed by atoms with Crippen LogP contribution in [0.5, 0.6) is 0 Å². The van der Waals surface area contributed by atoms with Gasteiger partial charge in [0, 0.05) is 12.6 Å². The quantitative estimate of drug-likeness (QED) is 0.622. The lowest BCUT2D eigenvalue weighted by Gasteiger charge is -2.33. The molecule has 1 heterocycles. The second-order valence-corrected chi connectivity index (χ2v) is 3.26. The van der Waals surface area contributed by atoms with Crippen molar-refractivity contribution >= 4 is 0 Å². The molecule has 1 atom stereocenters. The standard InChI is InChI=1S/C9H19NO/c1-3-6-9-7-4-5-8-10(9)11-2/h9H,3-8H2,1-2H3. The molecule has 1 aliphatic rings. The van der Waals surface area contributed by atoms with Crippen molar-refractivity contribution in [3.63, 3.8) is 0 Å². The van der Waals surface area contributed by atoms with E-state index in [1.165, 1.54) is 32.1 Å². The largest absolute Gasteiger partial charge is 0.302 e. The van der Waals surface area contributed by atoms with Gasteiger partial charge in [0.2, 0.25) is 0 Å². The number of piperidine rings is 1. The fourth-order valence-corrected chi connectivity index (χ4v) is 1.84. The molecule has 0 bridgehead atoms. The van der Waals surface area contributed by atoms with Crippen molar-refractivity contribution in [1.29, 1.82) is 0 Å². The average Bonchev–Trinajstić information content (AvgIpc) is 2.06. The smallest absolute Gasteiger partial charge is 0.0575 e. The maximum Gasteiger partial charge on any atom is 0.0575 e. The first-order valence-corrected chi connectivity index (χ1v) is 4.69. The molecule has 1 unspecified atom stereocenters. The zero-order valence-electron chi connectivity index (χ0n) is 7.68. The summed E-state index contributed by atoms with van der Waals surface area (Å²) in [5.74, 6) is 0. The molecule has 0 spiro atoms. The fraction of sp³-hybridized carbons (Fsp3) is 1.00. The molecule has 1 fully saturated rings. The van der Waals surface area contributed by atoms with Gasteiger partial charge in [-0.25, -0.2) is 0 Å². The van der Waals surface area contributed by atoms with Crippen molar-refractivity contribution in [2.24, 2.45) is 0 Å². The Balaban J connectivity index is 2.31. The van der Waals surface area contributed by atoms with Crippen LogP contribution in [0.4, 0.5) is 0 Å². The van der Waals surface area contributed by atoms with Crippen molar-refractivity contribution in [3.05, 3.63) is 0 Å². The zero-order valence-corrected chi connectivity index (χ0v) is 7.68. The van der Waals surface area contributed by atoms with Gasteiger partial charge in [-0.15, -0.1) is 0 Å². The second kappa shape index (κ2) is 4.73. The fourth-order valence-electron chi connectivity index (χ4n) is 1.84. The summed E-state index contributed by atoms with van der Waals surface area (Å²) in [4.78, 5) is 5.29. The normalized spacial score (nSPS) is 27.3. The summed E-state index contributed by atoms with van der Waals surface area (Å²) in [5.41, 5.74) is 0. The van der Waals surface area contributed by atoms with E-state index in [1.54, 1.807) is 7.11 Å². The lowest BCUT2D eigenvalue weighted by atomic mass is 10.0. The molecular weight excluding hydrogens is 138 g/mol. The predicted molar refractivity (Wildman–Crippen MR) is 46.3 cm³/mol. The Bertz CT molecular complexity index is 104. The third kappa shape index (κ3) is 2.46. The van der Waals surface area contributed by atoms with Crippen molar-refractivity contribution in [2.75, 3.05) is 13.7 Å². The van der Waals surface area contributed by atoms with E-state index in [2.05, 4.69) is 12.0 Å². The van der Waals surface area contributed by atoms with Crippen LogP contribution in [-0.2, 0) is 4.84 Å². The third-order valence-electron chi connectivity index (χ3n) is 2.43. The first-order valence-electron chi connectivity index (χ1n) is 4.69. The minimum absolute atomic E-state index is 0.693. The van der Waals surface area contributed by atoms with Gasteiger partial charge in [-0.3, -0.25) is 0 Å². The molecule has 0 aliphatic carbocycles. The minimum Gasteiger partial charge on any atom is -0.302 e. The highest BCUT2D eigenvalue weighted by Gasteiger charge is 2.20. The molecule has 1 saturated heterocycles. The van der Waals surface area contributed by atoms with Crippen LogP contribution in [0.25, 0.3) is 0 Å². The van der Waals surface area contributed by atoms with E-state index in [0.717, 1.165) is 6.54 Å². The zero-order chi connectivity index (χ0) is 8.10. The first kappa shape index (κ1) is 9.01. The molecule has 2 heteroatoms. The Kier molecular flexibility index (Phi) is 3.87. The molecule has 0 aromatic carbocycles. The number of nitrogens with zero attached hydrogens (tertiary/aromatic N) is 1. The summed E-state index contributed by atoms with van der Waals surface area (Å²) >= 11 is 0. The van der Waals surface area contributed by atoms with Gasteiger partial charge >= 0.3 is 0 Å². The highest BCUT2D eigenvalue weighted by Crippen LogP contribution is 2.20. The molecule has 66 valence electrons. The molecule has 2 nitrogen and oxygen atoms in total. The van der Waals surface area contributed by atoms with Crippen LogP contribution in [0.3, 0.4) is 0 Å². The Labute approximate surface area is 69.5 Å². The van der Waals surface area contributed by atoms with Crippen LogP contribution in [0.2, 0.25) is 0 Å². The van der Waals surface area contributed by atoms with E-state index in [9.17, 15) is 0 Å². The summed E-state index contributed by atoms with van der Waals surface area (Å²) < 4.78 is 0. The average molecular weight is 157 g/mol. The summed E-state index contributed by atoms with van der Waals surface area (Å²) in [6, 6.07) is 0.693. The van der Waals surface area contributed by atoms with Crippen molar-refractivity contribution in [2.45, 2.75) is 45.1 Å². The maximum atomic E-state index is 5.29. The lowest BCUT2D eigenvalue weighted by molar-refractivity contribution is -0.175. The number of hydroxylamine groups is 2. The maximum absolute atomic E-state index is 5.29. The molecule has 0 amide bonds. The van der Waals surface area contributed by atoms with Crippen LogP contribution in [0.1, 0.15) is 39.0 Å². The monoisotopic (exact) mass is 157 g/mol. The van der Waals surface area contributed by atoms with Gasteiger partial charge in [0.15, 0.2) is 0 Å². The van der Waals surface area contributed by atoms with Crippen molar-refractivity contribution < 1.29 is 4.84 Å².